The molecule has 4 nitrogen and oxygen atoms in total. The number of anilines is 2. The van der Waals surface area contributed by atoms with E-state index in [-0.39, 0.29) is 6.61 Å². The molecular formula is C16H19N3O. The Bertz CT molecular complexity index is 761. The van der Waals surface area contributed by atoms with Crippen LogP contribution in [0.25, 0.3) is 21.8 Å². The third-order valence-electron chi connectivity index (χ3n) is 3.73. The van der Waals surface area contributed by atoms with E-state index in [4.69, 9.17) is 10.8 Å². The Morgan fingerprint density at radius 3 is 2.80 bits per heavy atom. The molecule has 4 heteroatoms. The van der Waals surface area contributed by atoms with Crippen LogP contribution in [-0.2, 0) is 7.05 Å². The van der Waals surface area contributed by atoms with Crippen molar-refractivity contribution in [3.8, 4) is 0 Å². The van der Waals surface area contributed by atoms with Gasteiger partial charge in [0.25, 0.3) is 0 Å². The van der Waals surface area contributed by atoms with Crippen molar-refractivity contribution in [2.24, 2.45) is 7.05 Å². The van der Waals surface area contributed by atoms with Crippen LogP contribution < -0.4 is 11.1 Å². The fourth-order valence-corrected chi connectivity index (χ4v) is 2.79. The lowest BCUT2D eigenvalue weighted by atomic mass is 10.1. The first kappa shape index (κ1) is 12.8. The number of benzene rings is 2. The fraction of sp³-hybridized carbons (Fsp3) is 0.250. The van der Waals surface area contributed by atoms with Gasteiger partial charge < -0.3 is 20.7 Å². The molecule has 104 valence electrons. The van der Waals surface area contributed by atoms with Crippen LogP contribution in [0.3, 0.4) is 0 Å². The number of nitrogen functional groups attached to an aromatic ring is 1. The Morgan fingerprint density at radius 2 is 2.00 bits per heavy atom. The highest BCUT2D eigenvalue weighted by atomic mass is 16.3. The van der Waals surface area contributed by atoms with E-state index in [2.05, 4.69) is 22.0 Å². The number of fused-ring (bicyclic) bond motifs is 3. The lowest BCUT2D eigenvalue weighted by molar-refractivity contribution is 0.292. The van der Waals surface area contributed by atoms with E-state index < -0.39 is 0 Å². The molecular weight excluding hydrogens is 250 g/mol. The van der Waals surface area contributed by atoms with Gasteiger partial charge in [0.05, 0.1) is 11.2 Å². The molecule has 0 amide bonds. The van der Waals surface area contributed by atoms with E-state index in [1.165, 1.54) is 10.9 Å². The lowest BCUT2D eigenvalue weighted by Crippen LogP contribution is -2.04. The van der Waals surface area contributed by atoms with E-state index >= 15 is 0 Å². The van der Waals surface area contributed by atoms with Crippen molar-refractivity contribution < 1.29 is 5.11 Å². The number of aliphatic hydroxyl groups is 1. The summed E-state index contributed by atoms with van der Waals surface area (Å²) in [4.78, 5) is 0. The summed E-state index contributed by atoms with van der Waals surface area (Å²) in [5, 5.41) is 14.7. The van der Waals surface area contributed by atoms with Gasteiger partial charge in [0, 0.05) is 42.2 Å². The van der Waals surface area contributed by atoms with E-state index in [0.717, 1.165) is 35.2 Å². The van der Waals surface area contributed by atoms with Crippen LogP contribution in [-0.4, -0.2) is 22.8 Å². The van der Waals surface area contributed by atoms with Gasteiger partial charge in [0.1, 0.15) is 0 Å². The number of nitrogens with zero attached hydrogens (tertiary/aromatic N) is 1. The molecule has 0 atom stereocenters. The average Bonchev–Trinajstić information content (AvgIpc) is 2.77. The van der Waals surface area contributed by atoms with Crippen LogP contribution in [0.2, 0.25) is 0 Å². The molecule has 0 radical (unpaired) electrons. The first-order valence-corrected chi connectivity index (χ1v) is 6.84. The number of rotatable bonds is 4. The van der Waals surface area contributed by atoms with Gasteiger partial charge in [-0.25, -0.2) is 0 Å². The summed E-state index contributed by atoms with van der Waals surface area (Å²) in [5.41, 5.74) is 10.2. The number of hydrogen-bond donors (Lipinski definition) is 3. The van der Waals surface area contributed by atoms with Crippen LogP contribution in [0.5, 0.6) is 0 Å². The van der Waals surface area contributed by atoms with E-state index in [9.17, 15) is 0 Å². The van der Waals surface area contributed by atoms with Crippen LogP contribution in [0.4, 0.5) is 11.4 Å². The highest BCUT2D eigenvalue weighted by Crippen LogP contribution is 2.36. The molecule has 0 aliphatic heterocycles. The molecule has 3 aromatic rings. The van der Waals surface area contributed by atoms with Gasteiger partial charge in [-0.3, -0.25) is 0 Å². The number of aliphatic hydroxyl groups excluding tert-OH is 1. The molecule has 0 fully saturated rings. The molecule has 1 aromatic heterocycles. The molecule has 2 aromatic carbocycles. The van der Waals surface area contributed by atoms with Gasteiger partial charge >= 0.3 is 0 Å². The normalized spacial score (nSPS) is 11.3. The van der Waals surface area contributed by atoms with Crippen LogP contribution >= 0.6 is 0 Å². The predicted molar refractivity (Wildman–Crippen MR) is 85.0 cm³/mol. The molecule has 0 unspecified atom stereocenters. The predicted octanol–water partition coefficient (Wildman–Crippen LogP) is 2.71. The standard InChI is InChI=1S/C16H19N3O/c1-19-14-6-3-2-5-11(14)15-13(18-9-4-10-20)8-7-12(17)16(15)19/h2-3,5-8,18,20H,4,9-10,17H2,1H3. The molecule has 20 heavy (non-hydrogen) atoms. The van der Waals surface area contributed by atoms with Gasteiger partial charge in [0.15, 0.2) is 0 Å². The first-order valence-electron chi connectivity index (χ1n) is 6.84. The minimum Gasteiger partial charge on any atom is -0.397 e. The molecule has 0 saturated carbocycles. The number of nitrogens with two attached hydrogens (primary N) is 1. The second-order valence-electron chi connectivity index (χ2n) is 5.01. The SMILES string of the molecule is Cn1c2ccccc2c2c(NCCCO)ccc(N)c21. The molecule has 3 rings (SSSR count). The van der Waals surface area contributed by atoms with Gasteiger partial charge in [-0.15, -0.1) is 0 Å². The smallest absolute Gasteiger partial charge is 0.0743 e. The third-order valence-corrected chi connectivity index (χ3v) is 3.73. The minimum atomic E-state index is 0.195. The molecule has 0 bridgehead atoms. The lowest BCUT2D eigenvalue weighted by Gasteiger charge is -2.09. The largest absolute Gasteiger partial charge is 0.397 e. The fourth-order valence-electron chi connectivity index (χ4n) is 2.79. The quantitative estimate of drug-likeness (QED) is 0.504. The summed E-state index contributed by atoms with van der Waals surface area (Å²) in [5.74, 6) is 0. The van der Waals surface area contributed by atoms with Gasteiger partial charge in [-0.1, -0.05) is 18.2 Å². The van der Waals surface area contributed by atoms with Crippen molar-refractivity contribution in [2.45, 2.75) is 6.42 Å². The minimum absolute atomic E-state index is 0.195. The van der Waals surface area contributed by atoms with Gasteiger partial charge in [0.2, 0.25) is 0 Å². The number of hydrogen-bond acceptors (Lipinski definition) is 3. The number of nitrogens with one attached hydrogen (secondary N) is 1. The Labute approximate surface area is 117 Å². The maximum atomic E-state index is 8.91. The molecule has 0 saturated heterocycles. The van der Waals surface area contributed by atoms with Crippen molar-refractivity contribution >= 4 is 33.2 Å². The van der Waals surface area contributed by atoms with Crippen molar-refractivity contribution in [3.63, 3.8) is 0 Å². The zero-order chi connectivity index (χ0) is 14.1. The monoisotopic (exact) mass is 269 g/mol. The Balaban J connectivity index is 2.26. The third kappa shape index (κ3) is 1.89. The van der Waals surface area contributed by atoms with Crippen molar-refractivity contribution in [1.82, 2.24) is 4.57 Å². The number of aromatic nitrogens is 1. The summed E-state index contributed by atoms with van der Waals surface area (Å²) in [6.07, 6.45) is 0.733. The molecule has 1 heterocycles. The average molecular weight is 269 g/mol. The topological polar surface area (TPSA) is 63.2 Å². The summed E-state index contributed by atoms with van der Waals surface area (Å²) < 4.78 is 2.14. The van der Waals surface area contributed by atoms with Crippen LogP contribution in [0, 0.1) is 0 Å². The van der Waals surface area contributed by atoms with E-state index in [0.29, 0.717) is 0 Å². The Morgan fingerprint density at radius 1 is 1.20 bits per heavy atom. The van der Waals surface area contributed by atoms with Crippen molar-refractivity contribution in [3.05, 3.63) is 36.4 Å². The van der Waals surface area contributed by atoms with Crippen molar-refractivity contribution in [2.75, 3.05) is 24.2 Å². The molecule has 0 aliphatic rings. The highest BCUT2D eigenvalue weighted by Gasteiger charge is 2.13. The first-order chi connectivity index (χ1) is 9.74. The summed E-state index contributed by atoms with van der Waals surface area (Å²) in [6, 6.07) is 12.3. The number of aryl methyl sites for hydroxylation is 1. The van der Waals surface area contributed by atoms with E-state index in [1.807, 2.05) is 31.3 Å². The summed E-state index contributed by atoms with van der Waals surface area (Å²) in [7, 11) is 2.04. The number of para-hydroxylation sites is 1. The zero-order valence-electron chi connectivity index (χ0n) is 11.6. The second-order valence-corrected chi connectivity index (χ2v) is 5.01. The second kappa shape index (κ2) is 5.06. The maximum Gasteiger partial charge on any atom is 0.0743 e. The maximum absolute atomic E-state index is 8.91. The molecule has 0 aliphatic carbocycles. The molecule has 4 N–H and O–H groups in total. The van der Waals surface area contributed by atoms with E-state index in [1.54, 1.807) is 0 Å². The molecule has 0 spiro atoms. The summed E-state index contributed by atoms with van der Waals surface area (Å²) >= 11 is 0. The van der Waals surface area contributed by atoms with Crippen LogP contribution in [0.1, 0.15) is 6.42 Å². The van der Waals surface area contributed by atoms with Gasteiger partial charge in [-0.05, 0) is 24.6 Å². The Hall–Kier alpha value is -2.20. The zero-order valence-corrected chi connectivity index (χ0v) is 11.6. The summed E-state index contributed by atoms with van der Waals surface area (Å²) in [6.45, 7) is 0.944. The Kier molecular flexibility index (Phi) is 3.24. The highest BCUT2D eigenvalue weighted by molar-refractivity contribution is 6.17. The van der Waals surface area contributed by atoms with Gasteiger partial charge in [-0.2, -0.15) is 0 Å². The van der Waals surface area contributed by atoms with Crippen LogP contribution in [0.15, 0.2) is 36.4 Å². The van der Waals surface area contributed by atoms with Crippen molar-refractivity contribution in [1.29, 1.82) is 0 Å².